The standard InChI is InChI=1S/C18H27N5O2/c1-25-15-7-5-14(6-8-15)21-18-20-10-13(9-19)17(23-18)22-16-4-2-3-12(16)11-24/h10,12,14-16,24H,2-8,11H2,1H3,(H2,20,21,22,23)/t12-,14?,15?,16?/m1/s1. The molecule has 1 aromatic heterocycles. The van der Waals surface area contributed by atoms with Gasteiger partial charge in [0.25, 0.3) is 0 Å². The second kappa shape index (κ2) is 8.45. The lowest BCUT2D eigenvalue weighted by atomic mass is 9.93. The first-order valence-electron chi connectivity index (χ1n) is 9.17. The number of aromatic nitrogens is 2. The van der Waals surface area contributed by atoms with Crippen LogP contribution in [0.2, 0.25) is 0 Å². The number of rotatable bonds is 6. The molecule has 0 aromatic carbocycles. The summed E-state index contributed by atoms with van der Waals surface area (Å²) >= 11 is 0. The van der Waals surface area contributed by atoms with Gasteiger partial charge in [-0.15, -0.1) is 0 Å². The van der Waals surface area contributed by atoms with Gasteiger partial charge < -0.3 is 20.5 Å². The highest BCUT2D eigenvalue weighted by Crippen LogP contribution is 2.29. The maximum absolute atomic E-state index is 9.49. The van der Waals surface area contributed by atoms with Crippen molar-refractivity contribution in [3.63, 3.8) is 0 Å². The number of hydrogen-bond donors (Lipinski definition) is 3. The lowest BCUT2D eigenvalue weighted by molar-refractivity contribution is 0.0681. The van der Waals surface area contributed by atoms with Gasteiger partial charge in [-0.05, 0) is 38.5 Å². The summed E-state index contributed by atoms with van der Waals surface area (Å²) in [6.45, 7) is 0.165. The number of nitriles is 1. The molecule has 2 fully saturated rings. The molecule has 0 bridgehead atoms. The number of aliphatic hydroxyl groups is 1. The van der Waals surface area contributed by atoms with Crippen LogP contribution in [-0.4, -0.2) is 47.0 Å². The van der Waals surface area contributed by atoms with Crippen molar-refractivity contribution < 1.29 is 9.84 Å². The first kappa shape index (κ1) is 17.9. The number of nitrogens with one attached hydrogen (secondary N) is 2. The molecule has 1 heterocycles. The highest BCUT2D eigenvalue weighted by Gasteiger charge is 2.28. The molecule has 1 unspecified atom stereocenters. The molecule has 136 valence electrons. The van der Waals surface area contributed by atoms with Crippen molar-refractivity contribution >= 4 is 11.8 Å². The Labute approximate surface area is 148 Å². The molecule has 0 amide bonds. The van der Waals surface area contributed by atoms with Crippen molar-refractivity contribution in [3.05, 3.63) is 11.8 Å². The zero-order chi connectivity index (χ0) is 17.6. The molecule has 0 saturated heterocycles. The van der Waals surface area contributed by atoms with E-state index in [4.69, 9.17) is 4.74 Å². The fraction of sp³-hybridized carbons (Fsp3) is 0.722. The van der Waals surface area contributed by atoms with Gasteiger partial charge in [0, 0.05) is 31.7 Å². The summed E-state index contributed by atoms with van der Waals surface area (Å²) in [7, 11) is 1.77. The van der Waals surface area contributed by atoms with E-state index in [1.165, 1.54) is 0 Å². The van der Waals surface area contributed by atoms with Crippen LogP contribution in [0.3, 0.4) is 0 Å². The van der Waals surface area contributed by atoms with Crippen molar-refractivity contribution in [1.29, 1.82) is 5.26 Å². The molecule has 0 spiro atoms. The second-order valence-corrected chi connectivity index (χ2v) is 7.05. The molecule has 2 aliphatic carbocycles. The molecule has 0 radical (unpaired) electrons. The molecule has 2 saturated carbocycles. The third-order valence-corrected chi connectivity index (χ3v) is 5.47. The minimum atomic E-state index is 0.164. The summed E-state index contributed by atoms with van der Waals surface area (Å²) in [5.74, 6) is 1.35. The molecular formula is C18H27N5O2. The Balaban J connectivity index is 1.67. The fourth-order valence-electron chi connectivity index (χ4n) is 3.89. The van der Waals surface area contributed by atoms with Crippen LogP contribution < -0.4 is 10.6 Å². The van der Waals surface area contributed by atoms with Crippen LogP contribution >= 0.6 is 0 Å². The third-order valence-electron chi connectivity index (χ3n) is 5.47. The van der Waals surface area contributed by atoms with Crippen molar-refractivity contribution in [2.75, 3.05) is 24.4 Å². The lowest BCUT2D eigenvalue weighted by Gasteiger charge is -2.28. The summed E-state index contributed by atoms with van der Waals surface area (Å²) in [4.78, 5) is 8.83. The van der Waals surface area contributed by atoms with Gasteiger partial charge in [0.2, 0.25) is 5.95 Å². The molecule has 3 rings (SSSR count). The monoisotopic (exact) mass is 345 g/mol. The Morgan fingerprint density at radius 2 is 2.04 bits per heavy atom. The van der Waals surface area contributed by atoms with Crippen LogP contribution in [0.15, 0.2) is 6.20 Å². The fourth-order valence-corrected chi connectivity index (χ4v) is 3.89. The second-order valence-electron chi connectivity index (χ2n) is 7.05. The Morgan fingerprint density at radius 1 is 1.24 bits per heavy atom. The molecule has 1 aromatic rings. The Kier molecular flexibility index (Phi) is 6.05. The summed E-state index contributed by atoms with van der Waals surface area (Å²) < 4.78 is 5.41. The first-order valence-corrected chi connectivity index (χ1v) is 9.17. The molecule has 7 heteroatoms. The van der Waals surface area contributed by atoms with Crippen LogP contribution in [-0.2, 0) is 4.74 Å². The maximum Gasteiger partial charge on any atom is 0.224 e. The van der Waals surface area contributed by atoms with Crippen LogP contribution in [0.25, 0.3) is 0 Å². The van der Waals surface area contributed by atoms with E-state index in [2.05, 4.69) is 26.7 Å². The average molecular weight is 345 g/mol. The normalized spacial score (nSPS) is 29.2. The van der Waals surface area contributed by atoms with E-state index in [9.17, 15) is 10.4 Å². The number of ether oxygens (including phenoxy) is 1. The smallest absolute Gasteiger partial charge is 0.224 e. The van der Waals surface area contributed by atoms with Gasteiger partial charge in [-0.2, -0.15) is 10.2 Å². The number of nitrogens with zero attached hydrogens (tertiary/aromatic N) is 3. The molecule has 2 aliphatic rings. The highest BCUT2D eigenvalue weighted by atomic mass is 16.5. The SMILES string of the molecule is COC1CCC(Nc2ncc(C#N)c(NC3CCC[C@@H]3CO)n2)CC1. The predicted octanol–water partition coefficient (Wildman–Crippen LogP) is 2.29. The van der Waals surface area contributed by atoms with Crippen molar-refractivity contribution in [2.45, 2.75) is 63.1 Å². The van der Waals surface area contributed by atoms with E-state index >= 15 is 0 Å². The van der Waals surface area contributed by atoms with Crippen LogP contribution in [0.1, 0.15) is 50.5 Å². The largest absolute Gasteiger partial charge is 0.396 e. The molecule has 25 heavy (non-hydrogen) atoms. The zero-order valence-electron chi connectivity index (χ0n) is 14.7. The first-order chi connectivity index (χ1) is 12.2. The van der Waals surface area contributed by atoms with Gasteiger partial charge in [-0.25, -0.2) is 4.98 Å². The van der Waals surface area contributed by atoms with Gasteiger partial charge in [0.15, 0.2) is 0 Å². The van der Waals surface area contributed by atoms with Crippen LogP contribution in [0.5, 0.6) is 0 Å². The predicted molar refractivity (Wildman–Crippen MR) is 95.3 cm³/mol. The van der Waals surface area contributed by atoms with E-state index in [1.807, 2.05) is 0 Å². The quantitative estimate of drug-likeness (QED) is 0.727. The maximum atomic E-state index is 9.49. The minimum absolute atomic E-state index is 0.164. The molecule has 7 nitrogen and oxygen atoms in total. The number of methoxy groups -OCH3 is 1. The number of anilines is 2. The number of aliphatic hydroxyl groups excluding tert-OH is 1. The Hall–Kier alpha value is -1.91. The van der Waals surface area contributed by atoms with Gasteiger partial charge in [0.1, 0.15) is 17.5 Å². The van der Waals surface area contributed by atoms with Gasteiger partial charge in [-0.3, -0.25) is 0 Å². The summed E-state index contributed by atoms with van der Waals surface area (Å²) in [5.41, 5.74) is 0.442. The summed E-state index contributed by atoms with van der Waals surface area (Å²) in [6.07, 6.45) is 9.14. The van der Waals surface area contributed by atoms with Gasteiger partial charge in [-0.1, -0.05) is 6.42 Å². The average Bonchev–Trinajstić information content (AvgIpc) is 3.10. The van der Waals surface area contributed by atoms with Crippen LogP contribution in [0, 0.1) is 17.2 Å². The minimum Gasteiger partial charge on any atom is -0.396 e. The van der Waals surface area contributed by atoms with Crippen molar-refractivity contribution in [3.8, 4) is 6.07 Å². The topological polar surface area (TPSA) is 103 Å². The van der Waals surface area contributed by atoms with E-state index in [-0.39, 0.29) is 18.6 Å². The molecule has 2 atom stereocenters. The lowest BCUT2D eigenvalue weighted by Crippen LogP contribution is -2.30. The molecule has 0 aliphatic heterocycles. The van der Waals surface area contributed by atoms with Crippen molar-refractivity contribution in [2.24, 2.45) is 5.92 Å². The Morgan fingerprint density at radius 3 is 2.72 bits per heavy atom. The molecule has 3 N–H and O–H groups in total. The van der Waals surface area contributed by atoms with E-state index < -0.39 is 0 Å². The molecular weight excluding hydrogens is 318 g/mol. The summed E-state index contributed by atoms with van der Waals surface area (Å²) in [5, 5.41) is 25.6. The van der Waals surface area contributed by atoms with E-state index in [0.29, 0.717) is 29.5 Å². The van der Waals surface area contributed by atoms with Crippen molar-refractivity contribution in [1.82, 2.24) is 9.97 Å². The highest BCUT2D eigenvalue weighted by molar-refractivity contribution is 5.54. The summed E-state index contributed by atoms with van der Waals surface area (Å²) in [6, 6.07) is 2.65. The Bertz CT molecular complexity index is 610. The van der Waals surface area contributed by atoms with E-state index in [1.54, 1.807) is 13.3 Å². The number of hydrogen-bond acceptors (Lipinski definition) is 7. The van der Waals surface area contributed by atoms with Gasteiger partial charge >= 0.3 is 0 Å². The van der Waals surface area contributed by atoms with Gasteiger partial charge in [0.05, 0.1) is 12.3 Å². The van der Waals surface area contributed by atoms with Crippen LogP contribution in [0.4, 0.5) is 11.8 Å². The zero-order valence-corrected chi connectivity index (χ0v) is 14.7. The third kappa shape index (κ3) is 4.39. The van der Waals surface area contributed by atoms with E-state index in [0.717, 1.165) is 44.9 Å².